The van der Waals surface area contributed by atoms with Crippen LogP contribution in [0.5, 0.6) is 5.88 Å². The maximum Gasteiger partial charge on any atom is 0.265 e. The van der Waals surface area contributed by atoms with Crippen LogP contribution in [0.25, 0.3) is 0 Å². The zero-order chi connectivity index (χ0) is 10.7. The van der Waals surface area contributed by atoms with Crippen LogP contribution in [0.2, 0.25) is 0 Å². The number of aromatic nitrogens is 1. The fraction of sp³-hybridized carbons (Fsp3) is 0.444. The highest BCUT2D eigenvalue weighted by Gasteiger charge is 2.16. The minimum atomic E-state index is -2.55. The van der Waals surface area contributed by atoms with E-state index in [1.165, 1.54) is 13.2 Å². The van der Waals surface area contributed by atoms with E-state index in [0.29, 0.717) is 11.4 Å². The molecule has 1 heterocycles. The Balaban J connectivity index is 3.24. The normalized spacial score (nSPS) is 10.7. The molecule has 5 heteroatoms. The van der Waals surface area contributed by atoms with E-state index in [2.05, 4.69) is 4.98 Å². The molecule has 0 unspecified atom stereocenters. The van der Waals surface area contributed by atoms with Gasteiger partial charge in [0.05, 0.1) is 18.7 Å². The van der Waals surface area contributed by atoms with E-state index in [-0.39, 0.29) is 17.1 Å². The van der Waals surface area contributed by atoms with Crippen molar-refractivity contribution in [1.29, 1.82) is 0 Å². The van der Waals surface area contributed by atoms with Gasteiger partial charge in [-0.1, -0.05) is 0 Å². The molecule has 0 atom stereocenters. The van der Waals surface area contributed by atoms with Crippen molar-refractivity contribution < 1.29 is 13.5 Å². The minimum absolute atomic E-state index is 0.0453. The number of pyridine rings is 1. The van der Waals surface area contributed by atoms with E-state index in [0.717, 1.165) is 0 Å². The predicted octanol–water partition coefficient (Wildman–Crippen LogP) is 3.08. The van der Waals surface area contributed by atoms with Gasteiger partial charge in [-0.25, -0.2) is 13.8 Å². The van der Waals surface area contributed by atoms with E-state index in [9.17, 15) is 8.78 Å². The van der Waals surface area contributed by atoms with Crippen LogP contribution in [0, 0.1) is 6.92 Å². The number of hydrogen-bond donors (Lipinski definition) is 0. The Bertz CT molecular complexity index is 331. The first-order chi connectivity index (χ1) is 6.60. The average Bonchev–Trinajstić information content (AvgIpc) is 2.17. The van der Waals surface area contributed by atoms with Crippen molar-refractivity contribution in [1.82, 2.24) is 4.98 Å². The molecule has 0 aliphatic heterocycles. The van der Waals surface area contributed by atoms with Crippen LogP contribution in [0.15, 0.2) is 6.07 Å². The summed E-state index contributed by atoms with van der Waals surface area (Å²) in [5.41, 5.74) is 0.624. The molecule has 1 rings (SSSR count). The molecule has 1 aromatic heterocycles. The summed E-state index contributed by atoms with van der Waals surface area (Å²) >= 11 is 5.51. The lowest BCUT2D eigenvalue weighted by atomic mass is 10.1. The lowest BCUT2D eigenvalue weighted by Crippen LogP contribution is -2.01. The number of halogens is 3. The molecule has 2 nitrogen and oxygen atoms in total. The maximum absolute atomic E-state index is 12.5. The Kier molecular flexibility index (Phi) is 3.63. The second kappa shape index (κ2) is 4.55. The monoisotopic (exact) mass is 221 g/mol. The number of aryl methyl sites for hydroxylation is 1. The Labute approximate surface area is 85.9 Å². The Morgan fingerprint density at radius 1 is 1.57 bits per heavy atom. The van der Waals surface area contributed by atoms with E-state index in [4.69, 9.17) is 16.3 Å². The highest BCUT2D eigenvalue weighted by molar-refractivity contribution is 6.17. The van der Waals surface area contributed by atoms with E-state index >= 15 is 0 Å². The van der Waals surface area contributed by atoms with Gasteiger partial charge < -0.3 is 4.74 Å². The molecule has 0 spiro atoms. The molecule has 14 heavy (non-hydrogen) atoms. The van der Waals surface area contributed by atoms with E-state index in [1.54, 1.807) is 6.92 Å². The SMILES string of the molecule is COc1nc(CCl)c(C(F)F)cc1C. The van der Waals surface area contributed by atoms with Gasteiger partial charge in [-0.2, -0.15) is 0 Å². The lowest BCUT2D eigenvalue weighted by Gasteiger charge is -2.10. The summed E-state index contributed by atoms with van der Waals surface area (Å²) in [6, 6.07) is 1.36. The highest BCUT2D eigenvalue weighted by Crippen LogP contribution is 2.27. The summed E-state index contributed by atoms with van der Waals surface area (Å²) < 4.78 is 29.9. The first-order valence-corrected chi connectivity index (χ1v) is 4.52. The number of ether oxygens (including phenoxy) is 1. The number of rotatable bonds is 3. The van der Waals surface area contributed by atoms with Gasteiger partial charge in [0.1, 0.15) is 0 Å². The van der Waals surface area contributed by atoms with Crippen LogP contribution in [-0.4, -0.2) is 12.1 Å². The Morgan fingerprint density at radius 3 is 2.64 bits per heavy atom. The van der Waals surface area contributed by atoms with Gasteiger partial charge in [-0.15, -0.1) is 11.6 Å². The summed E-state index contributed by atoms with van der Waals surface area (Å²) in [5, 5.41) is 0. The molecule has 0 fully saturated rings. The van der Waals surface area contributed by atoms with Crippen molar-refractivity contribution >= 4 is 11.6 Å². The summed E-state index contributed by atoms with van der Waals surface area (Å²) in [6.07, 6.45) is -2.55. The highest BCUT2D eigenvalue weighted by atomic mass is 35.5. The summed E-state index contributed by atoms with van der Waals surface area (Å²) in [6.45, 7) is 1.66. The molecule has 0 N–H and O–H groups in total. The predicted molar refractivity (Wildman–Crippen MR) is 50.0 cm³/mol. The fourth-order valence-corrected chi connectivity index (χ4v) is 1.37. The third kappa shape index (κ3) is 2.12. The van der Waals surface area contributed by atoms with E-state index in [1.807, 2.05) is 0 Å². The number of hydrogen-bond acceptors (Lipinski definition) is 2. The molecule has 1 aromatic rings. The van der Waals surface area contributed by atoms with E-state index < -0.39 is 6.43 Å². The standard InChI is InChI=1S/C9H10ClF2NO/c1-5-3-6(8(11)12)7(4-10)13-9(5)14-2/h3,8H,4H2,1-2H3. The first kappa shape index (κ1) is 11.2. The molecule has 0 aromatic carbocycles. The minimum Gasteiger partial charge on any atom is -0.481 e. The summed E-state index contributed by atoms with van der Waals surface area (Å²) in [7, 11) is 1.44. The Morgan fingerprint density at radius 2 is 2.21 bits per heavy atom. The first-order valence-electron chi connectivity index (χ1n) is 3.98. The van der Waals surface area contributed by atoms with Crippen LogP contribution in [0.4, 0.5) is 8.78 Å². The van der Waals surface area contributed by atoms with Crippen molar-refractivity contribution in [3.05, 3.63) is 22.9 Å². The van der Waals surface area contributed by atoms with Crippen molar-refractivity contribution in [3.63, 3.8) is 0 Å². The van der Waals surface area contributed by atoms with Gasteiger partial charge >= 0.3 is 0 Å². The molecule has 78 valence electrons. The summed E-state index contributed by atoms with van der Waals surface area (Å²) in [5.74, 6) is 0.293. The number of alkyl halides is 3. The zero-order valence-corrected chi connectivity index (χ0v) is 8.61. The number of nitrogens with zero attached hydrogens (tertiary/aromatic N) is 1. The van der Waals surface area contributed by atoms with Gasteiger partial charge in [-0.3, -0.25) is 0 Å². The smallest absolute Gasteiger partial charge is 0.265 e. The van der Waals surface area contributed by atoms with Gasteiger partial charge in [0.25, 0.3) is 6.43 Å². The molecule has 0 aliphatic carbocycles. The lowest BCUT2D eigenvalue weighted by molar-refractivity contribution is 0.149. The zero-order valence-electron chi connectivity index (χ0n) is 7.85. The number of methoxy groups -OCH3 is 1. The summed E-state index contributed by atoms with van der Waals surface area (Å²) in [4.78, 5) is 3.90. The van der Waals surface area contributed by atoms with Crippen LogP contribution in [-0.2, 0) is 5.88 Å². The van der Waals surface area contributed by atoms with Gasteiger partial charge in [0, 0.05) is 11.1 Å². The second-order valence-electron chi connectivity index (χ2n) is 2.78. The molecule has 0 radical (unpaired) electrons. The van der Waals surface area contributed by atoms with Crippen LogP contribution in [0.1, 0.15) is 23.2 Å². The topological polar surface area (TPSA) is 22.1 Å². The van der Waals surface area contributed by atoms with Crippen LogP contribution < -0.4 is 4.74 Å². The maximum atomic E-state index is 12.5. The molecular formula is C9H10ClF2NO. The quantitative estimate of drug-likeness (QED) is 0.732. The van der Waals surface area contributed by atoms with Crippen molar-refractivity contribution in [2.24, 2.45) is 0 Å². The van der Waals surface area contributed by atoms with Crippen molar-refractivity contribution in [2.75, 3.05) is 7.11 Å². The molecule has 0 aliphatic rings. The molecule has 0 amide bonds. The van der Waals surface area contributed by atoms with Crippen LogP contribution in [0.3, 0.4) is 0 Å². The average molecular weight is 222 g/mol. The van der Waals surface area contributed by atoms with Crippen molar-refractivity contribution in [3.8, 4) is 5.88 Å². The third-order valence-electron chi connectivity index (χ3n) is 1.83. The second-order valence-corrected chi connectivity index (χ2v) is 3.05. The van der Waals surface area contributed by atoms with Crippen molar-refractivity contribution in [2.45, 2.75) is 19.2 Å². The molecule has 0 saturated carbocycles. The molecular weight excluding hydrogens is 212 g/mol. The van der Waals surface area contributed by atoms with Gasteiger partial charge in [0.2, 0.25) is 5.88 Å². The van der Waals surface area contributed by atoms with Crippen LogP contribution >= 0.6 is 11.6 Å². The van der Waals surface area contributed by atoms with Gasteiger partial charge in [-0.05, 0) is 13.0 Å². The fourth-order valence-electron chi connectivity index (χ4n) is 1.16. The third-order valence-corrected chi connectivity index (χ3v) is 2.09. The largest absolute Gasteiger partial charge is 0.481 e. The van der Waals surface area contributed by atoms with Gasteiger partial charge in [0.15, 0.2) is 0 Å². The molecule has 0 bridgehead atoms. The Hall–Kier alpha value is -0.900. The molecule has 0 saturated heterocycles.